The molecule has 1 fully saturated rings. The first-order chi connectivity index (χ1) is 6.84. The quantitative estimate of drug-likeness (QED) is 0.873. The summed E-state index contributed by atoms with van der Waals surface area (Å²) >= 11 is 3.43. The van der Waals surface area contributed by atoms with Crippen LogP contribution in [0.4, 0.5) is 0 Å². The molecule has 1 unspecified atom stereocenters. The second-order valence-electron chi connectivity index (χ2n) is 3.53. The summed E-state index contributed by atoms with van der Waals surface area (Å²) in [7, 11) is 0. The average Bonchev–Trinajstić information content (AvgIpc) is 2.23. The highest BCUT2D eigenvalue weighted by molar-refractivity contribution is 9.10. The summed E-state index contributed by atoms with van der Waals surface area (Å²) in [6, 6.07) is 8.43. The van der Waals surface area contributed by atoms with Crippen LogP contribution in [0.3, 0.4) is 0 Å². The maximum Gasteiger partial charge on any atom is 0.0740 e. The molecular weight excluding hydrogens is 242 g/mol. The van der Waals surface area contributed by atoms with Crippen LogP contribution in [0.5, 0.6) is 0 Å². The molecular formula is C11H14BrNO. The fraction of sp³-hybridized carbons (Fsp3) is 0.455. The Morgan fingerprint density at radius 1 is 1.36 bits per heavy atom. The molecule has 1 aliphatic rings. The Labute approximate surface area is 92.8 Å². The summed E-state index contributed by atoms with van der Waals surface area (Å²) in [4.78, 5) is 0. The molecule has 0 radical (unpaired) electrons. The highest BCUT2D eigenvalue weighted by atomic mass is 79.9. The SMILES string of the molecule is Brc1ccc(CC2CNCCO2)cc1. The molecule has 0 saturated carbocycles. The fourth-order valence-corrected chi connectivity index (χ4v) is 1.90. The van der Waals surface area contributed by atoms with Gasteiger partial charge < -0.3 is 10.1 Å². The molecule has 1 aromatic carbocycles. The lowest BCUT2D eigenvalue weighted by Crippen LogP contribution is -2.39. The number of halogens is 1. The van der Waals surface area contributed by atoms with Gasteiger partial charge in [0.1, 0.15) is 0 Å². The Bertz CT molecular complexity index is 280. The number of ether oxygens (including phenoxy) is 1. The van der Waals surface area contributed by atoms with Gasteiger partial charge in [-0.1, -0.05) is 28.1 Å². The Kier molecular flexibility index (Phi) is 3.56. The summed E-state index contributed by atoms with van der Waals surface area (Å²) in [6.45, 7) is 2.79. The van der Waals surface area contributed by atoms with Crippen molar-refractivity contribution in [2.45, 2.75) is 12.5 Å². The Morgan fingerprint density at radius 2 is 2.14 bits per heavy atom. The van der Waals surface area contributed by atoms with E-state index in [0.29, 0.717) is 6.10 Å². The summed E-state index contributed by atoms with van der Waals surface area (Å²) in [6.07, 6.45) is 1.34. The van der Waals surface area contributed by atoms with Crippen molar-refractivity contribution in [3.8, 4) is 0 Å². The van der Waals surface area contributed by atoms with Crippen molar-refractivity contribution in [3.63, 3.8) is 0 Å². The van der Waals surface area contributed by atoms with E-state index in [1.165, 1.54) is 5.56 Å². The van der Waals surface area contributed by atoms with Crippen LogP contribution in [-0.2, 0) is 11.2 Å². The zero-order valence-electron chi connectivity index (χ0n) is 8.00. The summed E-state index contributed by atoms with van der Waals surface area (Å²) in [5, 5.41) is 3.33. The third-order valence-corrected chi connectivity index (χ3v) is 2.91. The summed E-state index contributed by atoms with van der Waals surface area (Å²) in [5.74, 6) is 0. The van der Waals surface area contributed by atoms with Gasteiger partial charge in [-0.3, -0.25) is 0 Å². The molecule has 0 spiro atoms. The third kappa shape index (κ3) is 2.80. The third-order valence-electron chi connectivity index (χ3n) is 2.38. The second-order valence-corrected chi connectivity index (χ2v) is 4.44. The molecule has 2 rings (SSSR count). The highest BCUT2D eigenvalue weighted by Gasteiger charge is 2.13. The lowest BCUT2D eigenvalue weighted by molar-refractivity contribution is 0.0292. The van der Waals surface area contributed by atoms with Gasteiger partial charge in [-0.15, -0.1) is 0 Å². The van der Waals surface area contributed by atoms with Crippen molar-refractivity contribution in [2.24, 2.45) is 0 Å². The van der Waals surface area contributed by atoms with E-state index < -0.39 is 0 Å². The maximum absolute atomic E-state index is 5.64. The van der Waals surface area contributed by atoms with Gasteiger partial charge in [-0.2, -0.15) is 0 Å². The zero-order chi connectivity index (χ0) is 9.80. The van der Waals surface area contributed by atoms with Crippen LogP contribution in [0, 0.1) is 0 Å². The molecule has 0 aromatic heterocycles. The van der Waals surface area contributed by atoms with Gasteiger partial charge >= 0.3 is 0 Å². The van der Waals surface area contributed by atoms with E-state index in [0.717, 1.165) is 30.6 Å². The zero-order valence-corrected chi connectivity index (χ0v) is 9.59. The van der Waals surface area contributed by atoms with Gasteiger partial charge in [0.15, 0.2) is 0 Å². The minimum atomic E-state index is 0.338. The molecule has 1 saturated heterocycles. The van der Waals surface area contributed by atoms with Crippen molar-refractivity contribution >= 4 is 15.9 Å². The van der Waals surface area contributed by atoms with Gasteiger partial charge in [0.05, 0.1) is 12.7 Å². The lowest BCUT2D eigenvalue weighted by atomic mass is 10.1. The molecule has 2 nitrogen and oxygen atoms in total. The van der Waals surface area contributed by atoms with Crippen LogP contribution in [0.25, 0.3) is 0 Å². The van der Waals surface area contributed by atoms with E-state index in [4.69, 9.17) is 4.74 Å². The van der Waals surface area contributed by atoms with Gasteiger partial charge in [0.25, 0.3) is 0 Å². The second kappa shape index (κ2) is 4.91. The summed E-state index contributed by atoms with van der Waals surface area (Å²) in [5.41, 5.74) is 1.34. The van der Waals surface area contributed by atoms with Crippen molar-refractivity contribution < 1.29 is 4.74 Å². The van der Waals surface area contributed by atoms with Crippen LogP contribution in [0.15, 0.2) is 28.7 Å². The number of nitrogens with one attached hydrogen (secondary N) is 1. The van der Waals surface area contributed by atoms with Crippen molar-refractivity contribution in [2.75, 3.05) is 19.7 Å². The molecule has 1 atom stereocenters. The normalized spacial score (nSPS) is 22.2. The van der Waals surface area contributed by atoms with E-state index in [1.54, 1.807) is 0 Å². The smallest absolute Gasteiger partial charge is 0.0740 e. The molecule has 1 aromatic rings. The molecule has 0 bridgehead atoms. The summed E-state index contributed by atoms with van der Waals surface area (Å²) < 4.78 is 6.77. The number of hydrogen-bond donors (Lipinski definition) is 1. The largest absolute Gasteiger partial charge is 0.375 e. The molecule has 1 heterocycles. The van der Waals surface area contributed by atoms with Crippen LogP contribution >= 0.6 is 15.9 Å². The van der Waals surface area contributed by atoms with Crippen molar-refractivity contribution in [1.29, 1.82) is 0 Å². The molecule has 1 aliphatic heterocycles. The van der Waals surface area contributed by atoms with Crippen LogP contribution in [-0.4, -0.2) is 25.8 Å². The van der Waals surface area contributed by atoms with Gasteiger partial charge in [-0.25, -0.2) is 0 Å². The molecule has 0 aliphatic carbocycles. The van der Waals surface area contributed by atoms with E-state index in [1.807, 2.05) is 0 Å². The Hall–Kier alpha value is -0.380. The molecule has 0 amide bonds. The molecule has 1 N–H and O–H groups in total. The monoisotopic (exact) mass is 255 g/mol. The molecule has 3 heteroatoms. The molecule has 14 heavy (non-hydrogen) atoms. The van der Waals surface area contributed by atoms with E-state index in [2.05, 4.69) is 45.5 Å². The standard InChI is InChI=1S/C11H14BrNO/c12-10-3-1-9(2-4-10)7-11-8-13-5-6-14-11/h1-4,11,13H,5-8H2. The number of hydrogen-bond acceptors (Lipinski definition) is 2. The van der Waals surface area contributed by atoms with Gasteiger partial charge in [0, 0.05) is 17.6 Å². The number of rotatable bonds is 2. The maximum atomic E-state index is 5.64. The predicted molar refractivity (Wildman–Crippen MR) is 60.5 cm³/mol. The number of morpholine rings is 1. The first-order valence-corrected chi connectivity index (χ1v) is 5.70. The highest BCUT2D eigenvalue weighted by Crippen LogP contribution is 2.13. The van der Waals surface area contributed by atoms with Gasteiger partial charge in [0.2, 0.25) is 0 Å². The lowest BCUT2D eigenvalue weighted by Gasteiger charge is -2.23. The average molecular weight is 256 g/mol. The van der Waals surface area contributed by atoms with E-state index in [-0.39, 0.29) is 0 Å². The minimum Gasteiger partial charge on any atom is -0.375 e. The molecule has 76 valence electrons. The Morgan fingerprint density at radius 3 is 2.79 bits per heavy atom. The number of benzene rings is 1. The minimum absolute atomic E-state index is 0.338. The predicted octanol–water partition coefficient (Wildman–Crippen LogP) is 1.98. The van der Waals surface area contributed by atoms with Gasteiger partial charge in [-0.05, 0) is 24.1 Å². The van der Waals surface area contributed by atoms with Crippen LogP contribution < -0.4 is 5.32 Å². The van der Waals surface area contributed by atoms with Crippen molar-refractivity contribution in [3.05, 3.63) is 34.3 Å². The van der Waals surface area contributed by atoms with E-state index in [9.17, 15) is 0 Å². The first-order valence-electron chi connectivity index (χ1n) is 4.91. The topological polar surface area (TPSA) is 21.3 Å². The van der Waals surface area contributed by atoms with Crippen molar-refractivity contribution in [1.82, 2.24) is 5.32 Å². The van der Waals surface area contributed by atoms with E-state index >= 15 is 0 Å². The first kappa shape index (κ1) is 10.1. The Balaban J connectivity index is 1.92. The van der Waals surface area contributed by atoms with Crippen LogP contribution in [0.2, 0.25) is 0 Å². The van der Waals surface area contributed by atoms with Crippen LogP contribution in [0.1, 0.15) is 5.56 Å². The fourth-order valence-electron chi connectivity index (χ4n) is 1.63.